The van der Waals surface area contributed by atoms with Crippen molar-refractivity contribution in [3.63, 3.8) is 0 Å². The first-order valence-corrected chi connectivity index (χ1v) is 11.2. The van der Waals surface area contributed by atoms with E-state index in [-0.39, 0.29) is 18.0 Å². The Morgan fingerprint density at radius 1 is 1.22 bits per heavy atom. The van der Waals surface area contributed by atoms with Gasteiger partial charge in [-0.2, -0.15) is 4.31 Å². The molecule has 0 saturated carbocycles. The molecular weight excluding hydrogens is 368 g/mol. The van der Waals surface area contributed by atoms with Crippen molar-refractivity contribution in [1.29, 1.82) is 0 Å². The molecule has 0 aromatic heterocycles. The van der Waals surface area contributed by atoms with Gasteiger partial charge in [-0.25, -0.2) is 8.42 Å². The van der Waals surface area contributed by atoms with E-state index in [0.717, 1.165) is 12.8 Å². The quantitative estimate of drug-likeness (QED) is 0.758. The molecule has 1 amide bonds. The number of rotatable bonds is 5. The van der Waals surface area contributed by atoms with Gasteiger partial charge in [0, 0.05) is 44.0 Å². The Morgan fingerprint density at radius 3 is 2.63 bits per heavy atom. The van der Waals surface area contributed by atoms with Crippen LogP contribution in [0.1, 0.15) is 36.0 Å². The first kappa shape index (κ1) is 20.1. The molecule has 1 aromatic rings. The van der Waals surface area contributed by atoms with Crippen molar-refractivity contribution in [2.24, 2.45) is 0 Å². The van der Waals surface area contributed by atoms with Crippen LogP contribution in [0.5, 0.6) is 5.75 Å². The van der Waals surface area contributed by atoms with E-state index in [9.17, 15) is 13.2 Å². The molecule has 27 heavy (non-hydrogen) atoms. The molecule has 0 spiro atoms. The van der Waals surface area contributed by atoms with Gasteiger partial charge in [0.05, 0.1) is 13.4 Å². The molecule has 2 heterocycles. The maximum absolute atomic E-state index is 12.9. The summed E-state index contributed by atoms with van der Waals surface area (Å²) < 4.78 is 37.3. The van der Waals surface area contributed by atoms with Crippen LogP contribution in [0.25, 0.3) is 0 Å². The maximum atomic E-state index is 12.9. The molecule has 1 aromatic carbocycles. The van der Waals surface area contributed by atoms with Gasteiger partial charge in [-0.05, 0) is 43.9 Å². The summed E-state index contributed by atoms with van der Waals surface area (Å²) in [6.07, 6.45) is 4.23. The lowest BCUT2D eigenvalue weighted by Gasteiger charge is -2.42. The van der Waals surface area contributed by atoms with E-state index in [1.54, 1.807) is 40.6 Å². The van der Waals surface area contributed by atoms with E-state index in [4.69, 9.17) is 9.47 Å². The van der Waals surface area contributed by atoms with Crippen molar-refractivity contribution in [3.8, 4) is 5.75 Å². The summed E-state index contributed by atoms with van der Waals surface area (Å²) in [7, 11) is -1.80. The Kier molecular flexibility index (Phi) is 6.39. The lowest BCUT2D eigenvalue weighted by Crippen LogP contribution is -2.55. The minimum absolute atomic E-state index is 0.0504. The molecule has 0 N–H and O–H groups in total. The third-order valence-electron chi connectivity index (χ3n) is 5.29. The minimum atomic E-state index is -3.37. The molecule has 0 radical (unpaired) electrons. The van der Waals surface area contributed by atoms with Gasteiger partial charge in [0.15, 0.2) is 0 Å². The normalized spacial score (nSPS) is 22.0. The maximum Gasteiger partial charge on any atom is 0.254 e. The number of hydrogen-bond acceptors (Lipinski definition) is 5. The van der Waals surface area contributed by atoms with Gasteiger partial charge in [0.1, 0.15) is 5.75 Å². The molecule has 8 heteroatoms. The third kappa shape index (κ3) is 4.80. The number of carbonyl (C=O) groups is 1. The summed E-state index contributed by atoms with van der Waals surface area (Å²) in [6, 6.07) is 6.84. The smallest absolute Gasteiger partial charge is 0.254 e. The second-order valence-electron chi connectivity index (χ2n) is 7.22. The first-order chi connectivity index (χ1) is 12.9. The standard InChI is InChI=1S/C19H28N2O5S/c1-25-18-7-3-5-15(13-18)19(22)20-10-4-6-17(14-20)21(27(2,23)24)16-8-11-26-12-9-16/h3,5,7,13,16-17H,4,6,8-12,14H2,1-2H3. The van der Waals surface area contributed by atoms with E-state index in [0.29, 0.717) is 50.5 Å². The predicted molar refractivity (Wildman–Crippen MR) is 102 cm³/mol. The molecule has 1 unspecified atom stereocenters. The number of likely N-dealkylation sites (tertiary alicyclic amines) is 1. The highest BCUT2D eigenvalue weighted by molar-refractivity contribution is 7.88. The monoisotopic (exact) mass is 396 g/mol. The van der Waals surface area contributed by atoms with E-state index in [1.807, 2.05) is 0 Å². The molecule has 2 aliphatic rings. The Bertz CT molecular complexity index is 761. The number of carbonyl (C=O) groups excluding carboxylic acids is 1. The average Bonchev–Trinajstić information content (AvgIpc) is 2.67. The summed E-state index contributed by atoms with van der Waals surface area (Å²) in [4.78, 5) is 14.7. The van der Waals surface area contributed by atoms with Gasteiger partial charge in [-0.15, -0.1) is 0 Å². The molecule has 2 saturated heterocycles. The van der Waals surface area contributed by atoms with E-state index < -0.39 is 10.0 Å². The largest absolute Gasteiger partial charge is 0.497 e. The van der Waals surface area contributed by atoms with Crippen molar-refractivity contribution in [2.75, 3.05) is 39.7 Å². The minimum Gasteiger partial charge on any atom is -0.497 e. The van der Waals surface area contributed by atoms with Crippen molar-refractivity contribution in [1.82, 2.24) is 9.21 Å². The molecule has 2 aliphatic heterocycles. The topological polar surface area (TPSA) is 76.2 Å². The molecule has 0 aliphatic carbocycles. The fourth-order valence-corrected chi connectivity index (χ4v) is 5.53. The molecular formula is C19H28N2O5S. The van der Waals surface area contributed by atoms with E-state index in [1.165, 1.54) is 6.26 Å². The van der Waals surface area contributed by atoms with Crippen LogP contribution in [0.4, 0.5) is 0 Å². The first-order valence-electron chi connectivity index (χ1n) is 9.39. The van der Waals surface area contributed by atoms with Crippen LogP contribution < -0.4 is 4.74 Å². The van der Waals surface area contributed by atoms with Crippen LogP contribution in [-0.4, -0.2) is 75.3 Å². The Balaban J connectivity index is 1.77. The Labute approximate surface area is 161 Å². The number of hydrogen-bond donors (Lipinski definition) is 0. The average molecular weight is 397 g/mol. The number of nitrogens with zero attached hydrogens (tertiary/aromatic N) is 2. The fraction of sp³-hybridized carbons (Fsp3) is 0.632. The third-order valence-corrected chi connectivity index (χ3v) is 6.66. The number of methoxy groups -OCH3 is 1. The molecule has 3 rings (SSSR count). The highest BCUT2D eigenvalue weighted by Crippen LogP contribution is 2.27. The van der Waals surface area contributed by atoms with Gasteiger partial charge >= 0.3 is 0 Å². The van der Waals surface area contributed by atoms with Crippen LogP contribution in [0.15, 0.2) is 24.3 Å². The molecule has 2 fully saturated rings. The second-order valence-corrected chi connectivity index (χ2v) is 9.10. The SMILES string of the molecule is COc1cccc(C(=O)N2CCCC(N(C3CCOCC3)S(C)(=O)=O)C2)c1. The van der Waals surface area contributed by atoms with Gasteiger partial charge in [-0.1, -0.05) is 6.07 Å². The van der Waals surface area contributed by atoms with Gasteiger partial charge < -0.3 is 14.4 Å². The fourth-order valence-electron chi connectivity index (χ4n) is 4.06. The molecule has 150 valence electrons. The summed E-state index contributed by atoms with van der Waals surface area (Å²) in [6.45, 7) is 2.21. The Hall–Kier alpha value is -1.64. The van der Waals surface area contributed by atoms with E-state index in [2.05, 4.69) is 0 Å². The summed E-state index contributed by atoms with van der Waals surface area (Å²) >= 11 is 0. The predicted octanol–water partition coefficient (Wildman–Crippen LogP) is 1.74. The van der Waals surface area contributed by atoms with Crippen LogP contribution in [0.3, 0.4) is 0 Å². The molecule has 0 bridgehead atoms. The lowest BCUT2D eigenvalue weighted by molar-refractivity contribution is 0.0342. The van der Waals surface area contributed by atoms with Crippen LogP contribution >= 0.6 is 0 Å². The van der Waals surface area contributed by atoms with Crippen molar-refractivity contribution in [2.45, 2.75) is 37.8 Å². The second kappa shape index (κ2) is 8.58. The van der Waals surface area contributed by atoms with Crippen LogP contribution in [0, 0.1) is 0 Å². The number of sulfonamides is 1. The summed E-state index contributed by atoms with van der Waals surface area (Å²) in [5.41, 5.74) is 0.562. The van der Waals surface area contributed by atoms with Crippen molar-refractivity contribution in [3.05, 3.63) is 29.8 Å². The van der Waals surface area contributed by atoms with Gasteiger partial charge in [0.25, 0.3) is 5.91 Å². The zero-order valence-corrected chi connectivity index (χ0v) is 16.8. The highest BCUT2D eigenvalue weighted by atomic mass is 32.2. The molecule has 7 nitrogen and oxygen atoms in total. The zero-order chi connectivity index (χ0) is 19.4. The number of piperidine rings is 1. The van der Waals surface area contributed by atoms with Crippen molar-refractivity contribution >= 4 is 15.9 Å². The van der Waals surface area contributed by atoms with Crippen LogP contribution in [-0.2, 0) is 14.8 Å². The number of benzene rings is 1. The zero-order valence-electron chi connectivity index (χ0n) is 16.0. The van der Waals surface area contributed by atoms with Gasteiger partial charge in [-0.3, -0.25) is 4.79 Å². The summed E-state index contributed by atoms with van der Waals surface area (Å²) in [5, 5.41) is 0. The van der Waals surface area contributed by atoms with Crippen molar-refractivity contribution < 1.29 is 22.7 Å². The van der Waals surface area contributed by atoms with E-state index >= 15 is 0 Å². The lowest BCUT2D eigenvalue weighted by atomic mass is 10.0. The number of amides is 1. The van der Waals surface area contributed by atoms with Crippen LogP contribution in [0.2, 0.25) is 0 Å². The number of ether oxygens (including phenoxy) is 2. The summed E-state index contributed by atoms with van der Waals surface area (Å²) in [5.74, 6) is 0.549. The Morgan fingerprint density at radius 2 is 1.96 bits per heavy atom. The molecule has 1 atom stereocenters. The highest BCUT2D eigenvalue weighted by Gasteiger charge is 2.37. The van der Waals surface area contributed by atoms with Gasteiger partial charge in [0.2, 0.25) is 10.0 Å².